The van der Waals surface area contributed by atoms with Crippen LogP contribution in [-0.2, 0) is 4.79 Å². The molecule has 0 bridgehead atoms. The Balaban J connectivity index is 2.11. The number of carbonyl (C=O) groups excluding carboxylic acids is 1. The molecule has 1 heterocycles. The quantitative estimate of drug-likeness (QED) is 0.881. The van der Waals surface area contributed by atoms with Crippen molar-refractivity contribution in [3.63, 3.8) is 0 Å². The molecule has 1 N–H and O–H groups in total. The van der Waals surface area contributed by atoms with Crippen molar-refractivity contribution in [1.29, 1.82) is 0 Å². The molecule has 1 amide bonds. The highest BCUT2D eigenvalue weighted by atomic mass is 16.3. The van der Waals surface area contributed by atoms with Crippen LogP contribution >= 0.6 is 0 Å². The smallest absolute Gasteiger partial charge is 0.226 e. The van der Waals surface area contributed by atoms with E-state index in [2.05, 4.69) is 10.3 Å². The van der Waals surface area contributed by atoms with E-state index in [1.807, 2.05) is 38.1 Å². The van der Waals surface area contributed by atoms with Gasteiger partial charge in [0.1, 0.15) is 0 Å². The average molecular weight is 230 g/mol. The van der Waals surface area contributed by atoms with Gasteiger partial charge in [0, 0.05) is 17.2 Å². The number of oxazole rings is 1. The zero-order chi connectivity index (χ0) is 12.3. The van der Waals surface area contributed by atoms with E-state index < -0.39 is 0 Å². The lowest BCUT2D eigenvalue weighted by Crippen LogP contribution is -2.17. The average Bonchev–Trinajstić information content (AvgIpc) is 2.83. The predicted octanol–water partition coefficient (Wildman–Crippen LogP) is 2.94. The van der Waals surface area contributed by atoms with Crippen molar-refractivity contribution in [2.45, 2.75) is 13.8 Å². The minimum atomic E-state index is -0.0241. The Bertz CT molecular complexity index is 487. The van der Waals surface area contributed by atoms with Gasteiger partial charge in [-0.2, -0.15) is 0 Å². The number of nitrogens with zero attached hydrogens (tertiary/aromatic N) is 1. The lowest BCUT2D eigenvalue weighted by Gasteiger charge is -2.07. The first-order valence-corrected chi connectivity index (χ1v) is 5.46. The third kappa shape index (κ3) is 2.72. The summed E-state index contributed by atoms with van der Waals surface area (Å²) in [6.07, 6.45) is 3.05. The Kier molecular flexibility index (Phi) is 3.23. The summed E-state index contributed by atoms with van der Waals surface area (Å²) in [5.74, 6) is 0.702. The maximum absolute atomic E-state index is 11.5. The Morgan fingerprint density at radius 1 is 1.29 bits per heavy atom. The van der Waals surface area contributed by atoms with E-state index in [0.29, 0.717) is 5.76 Å². The van der Waals surface area contributed by atoms with Gasteiger partial charge in [0.25, 0.3) is 0 Å². The van der Waals surface area contributed by atoms with Crippen molar-refractivity contribution in [2.75, 3.05) is 5.32 Å². The van der Waals surface area contributed by atoms with E-state index in [9.17, 15) is 4.79 Å². The van der Waals surface area contributed by atoms with Gasteiger partial charge >= 0.3 is 0 Å². The second kappa shape index (κ2) is 4.82. The summed E-state index contributed by atoms with van der Waals surface area (Å²) < 4.78 is 5.18. The van der Waals surface area contributed by atoms with Crippen molar-refractivity contribution in [3.8, 4) is 11.3 Å². The number of amides is 1. The molecule has 4 heteroatoms. The lowest BCUT2D eigenvalue weighted by atomic mass is 10.1. The summed E-state index contributed by atoms with van der Waals surface area (Å²) in [7, 11) is 0. The van der Waals surface area contributed by atoms with Crippen molar-refractivity contribution in [2.24, 2.45) is 5.92 Å². The summed E-state index contributed by atoms with van der Waals surface area (Å²) in [6, 6.07) is 7.46. The van der Waals surface area contributed by atoms with Gasteiger partial charge in [-0.15, -0.1) is 0 Å². The van der Waals surface area contributed by atoms with Crippen molar-refractivity contribution in [1.82, 2.24) is 4.98 Å². The molecule has 0 saturated carbocycles. The molecule has 0 radical (unpaired) electrons. The van der Waals surface area contributed by atoms with Gasteiger partial charge in [0.05, 0.1) is 6.20 Å². The Morgan fingerprint density at radius 2 is 2.00 bits per heavy atom. The molecule has 0 aliphatic heterocycles. The third-order valence-corrected chi connectivity index (χ3v) is 2.39. The van der Waals surface area contributed by atoms with Crippen LogP contribution in [0.2, 0.25) is 0 Å². The maximum Gasteiger partial charge on any atom is 0.226 e. The van der Waals surface area contributed by atoms with Crippen LogP contribution in [0.3, 0.4) is 0 Å². The number of rotatable bonds is 3. The van der Waals surface area contributed by atoms with Gasteiger partial charge in [0.15, 0.2) is 12.2 Å². The highest BCUT2D eigenvalue weighted by Gasteiger charge is 2.07. The van der Waals surface area contributed by atoms with E-state index in [0.717, 1.165) is 11.3 Å². The van der Waals surface area contributed by atoms with Gasteiger partial charge in [-0.25, -0.2) is 4.98 Å². The minimum Gasteiger partial charge on any atom is -0.444 e. The number of carbonyl (C=O) groups is 1. The summed E-state index contributed by atoms with van der Waals surface area (Å²) >= 11 is 0. The van der Waals surface area contributed by atoms with E-state index in [4.69, 9.17) is 4.42 Å². The monoisotopic (exact) mass is 230 g/mol. The van der Waals surface area contributed by atoms with Crippen LogP contribution in [0.1, 0.15) is 13.8 Å². The zero-order valence-corrected chi connectivity index (χ0v) is 9.81. The molecule has 1 aromatic heterocycles. The fourth-order valence-corrected chi connectivity index (χ4v) is 1.36. The fourth-order valence-electron chi connectivity index (χ4n) is 1.36. The number of anilines is 1. The molecule has 17 heavy (non-hydrogen) atoms. The van der Waals surface area contributed by atoms with Gasteiger partial charge in [-0.1, -0.05) is 13.8 Å². The highest BCUT2D eigenvalue weighted by molar-refractivity contribution is 5.92. The molecule has 0 aliphatic rings. The standard InChI is InChI=1S/C13H14N2O2/c1-9(2)13(16)15-11-5-3-10(4-6-11)12-7-14-8-17-12/h3-9H,1-2H3,(H,15,16). The van der Waals surface area contributed by atoms with Gasteiger partial charge in [-0.3, -0.25) is 4.79 Å². The van der Waals surface area contributed by atoms with Crippen LogP contribution in [0.25, 0.3) is 11.3 Å². The molecule has 0 spiro atoms. The van der Waals surface area contributed by atoms with Crippen LogP contribution < -0.4 is 5.32 Å². The molecular weight excluding hydrogens is 216 g/mol. The van der Waals surface area contributed by atoms with E-state index in [1.54, 1.807) is 6.20 Å². The van der Waals surface area contributed by atoms with Gasteiger partial charge < -0.3 is 9.73 Å². The van der Waals surface area contributed by atoms with Crippen molar-refractivity contribution < 1.29 is 9.21 Å². The first kappa shape index (κ1) is 11.4. The lowest BCUT2D eigenvalue weighted by molar-refractivity contribution is -0.118. The summed E-state index contributed by atoms with van der Waals surface area (Å²) in [5.41, 5.74) is 1.72. The number of hydrogen-bond acceptors (Lipinski definition) is 3. The van der Waals surface area contributed by atoms with Crippen LogP contribution in [0.4, 0.5) is 5.69 Å². The van der Waals surface area contributed by atoms with Crippen LogP contribution in [0.15, 0.2) is 41.3 Å². The molecule has 0 saturated heterocycles. The van der Waals surface area contributed by atoms with Crippen LogP contribution in [0, 0.1) is 5.92 Å². The molecule has 0 unspecified atom stereocenters. The molecule has 2 aromatic rings. The first-order chi connectivity index (χ1) is 8.16. The third-order valence-electron chi connectivity index (χ3n) is 2.39. The second-order valence-electron chi connectivity index (χ2n) is 4.09. The summed E-state index contributed by atoms with van der Waals surface area (Å²) in [6.45, 7) is 3.72. The van der Waals surface area contributed by atoms with Crippen molar-refractivity contribution >= 4 is 11.6 Å². The Hall–Kier alpha value is -2.10. The number of hydrogen-bond donors (Lipinski definition) is 1. The van der Waals surface area contributed by atoms with Crippen molar-refractivity contribution in [3.05, 3.63) is 36.9 Å². The van der Waals surface area contributed by atoms with Gasteiger partial charge in [-0.05, 0) is 24.3 Å². The largest absolute Gasteiger partial charge is 0.444 e. The molecule has 0 atom stereocenters. The Labute approximate surface area is 99.7 Å². The SMILES string of the molecule is CC(C)C(=O)Nc1ccc(-c2cnco2)cc1. The first-order valence-electron chi connectivity index (χ1n) is 5.46. The van der Waals surface area contributed by atoms with E-state index >= 15 is 0 Å². The van der Waals surface area contributed by atoms with Gasteiger partial charge in [0.2, 0.25) is 5.91 Å². The topological polar surface area (TPSA) is 55.1 Å². The van der Waals surface area contributed by atoms with Crippen LogP contribution in [0.5, 0.6) is 0 Å². The molecule has 2 rings (SSSR count). The number of nitrogens with one attached hydrogen (secondary N) is 1. The Morgan fingerprint density at radius 3 is 2.53 bits per heavy atom. The highest BCUT2D eigenvalue weighted by Crippen LogP contribution is 2.20. The fraction of sp³-hybridized carbons (Fsp3) is 0.231. The molecule has 88 valence electrons. The summed E-state index contributed by atoms with van der Waals surface area (Å²) in [4.78, 5) is 15.3. The normalized spacial score (nSPS) is 10.5. The predicted molar refractivity (Wildman–Crippen MR) is 65.4 cm³/mol. The van der Waals surface area contributed by atoms with E-state index in [-0.39, 0.29) is 11.8 Å². The summed E-state index contributed by atoms with van der Waals surface area (Å²) in [5, 5.41) is 2.83. The molecule has 0 fully saturated rings. The van der Waals surface area contributed by atoms with Crippen LogP contribution in [-0.4, -0.2) is 10.9 Å². The molecule has 1 aromatic carbocycles. The number of aromatic nitrogens is 1. The molecule has 0 aliphatic carbocycles. The van der Waals surface area contributed by atoms with E-state index in [1.165, 1.54) is 6.39 Å². The molecule has 4 nitrogen and oxygen atoms in total. The second-order valence-corrected chi connectivity index (χ2v) is 4.09. The maximum atomic E-state index is 11.5. The number of benzene rings is 1. The zero-order valence-electron chi connectivity index (χ0n) is 9.81. The minimum absolute atomic E-state index is 0.0115. The molecular formula is C13H14N2O2.